The Morgan fingerprint density at radius 3 is 2.67 bits per heavy atom. The number of anilines is 1. The van der Waals surface area contributed by atoms with Gasteiger partial charge in [-0.3, -0.25) is 0 Å². The van der Waals surface area contributed by atoms with E-state index in [0.29, 0.717) is 5.41 Å². The van der Waals surface area contributed by atoms with Gasteiger partial charge in [0.1, 0.15) is 0 Å². The lowest BCUT2D eigenvalue weighted by molar-refractivity contribution is 0.480. The largest absolute Gasteiger partial charge is 0.371 e. The van der Waals surface area contributed by atoms with Crippen molar-refractivity contribution in [3.63, 3.8) is 0 Å². The number of nitrogens with zero attached hydrogens (tertiary/aromatic N) is 1. The highest BCUT2D eigenvalue weighted by Gasteiger charge is 2.37. The molecule has 1 unspecified atom stereocenters. The number of hydrogen-bond donors (Lipinski definition) is 0. The van der Waals surface area contributed by atoms with Crippen LogP contribution in [0.25, 0.3) is 0 Å². The van der Waals surface area contributed by atoms with E-state index in [1.807, 2.05) is 0 Å². The van der Waals surface area contributed by atoms with Crippen LogP contribution < -0.4 is 4.90 Å². The Balaban J connectivity index is 2.58. The van der Waals surface area contributed by atoms with Crippen molar-refractivity contribution >= 4 is 5.69 Å². The van der Waals surface area contributed by atoms with Gasteiger partial charge >= 0.3 is 0 Å². The Labute approximate surface area is 93.1 Å². The molecule has 0 amide bonds. The zero-order valence-corrected chi connectivity index (χ0v) is 10.3. The number of aryl methyl sites for hydroxylation is 1. The van der Waals surface area contributed by atoms with Gasteiger partial charge in [-0.25, -0.2) is 0 Å². The number of likely N-dealkylation sites (N-methyl/N-ethyl adjacent to an activating group) is 1. The molecule has 15 heavy (non-hydrogen) atoms. The van der Waals surface area contributed by atoms with E-state index in [0.717, 1.165) is 6.54 Å². The minimum Gasteiger partial charge on any atom is -0.371 e. The van der Waals surface area contributed by atoms with Crippen molar-refractivity contribution in [3.8, 4) is 0 Å². The summed E-state index contributed by atoms with van der Waals surface area (Å²) in [5.74, 6) is 0. The first kappa shape index (κ1) is 10.5. The number of benzene rings is 1. The SMILES string of the molecule is CCN1CC(C)(CC)c2c(C)cccc21. The van der Waals surface area contributed by atoms with Crippen LogP contribution >= 0.6 is 0 Å². The first-order valence-electron chi connectivity index (χ1n) is 5.97. The molecular weight excluding hydrogens is 182 g/mol. The third-order valence-corrected chi connectivity index (χ3v) is 3.90. The molecule has 1 atom stereocenters. The predicted octanol–water partition coefficient (Wildman–Crippen LogP) is 3.50. The van der Waals surface area contributed by atoms with E-state index in [2.05, 4.69) is 50.8 Å². The molecule has 0 radical (unpaired) electrons. The van der Waals surface area contributed by atoms with Gasteiger partial charge in [-0.1, -0.05) is 26.0 Å². The fourth-order valence-electron chi connectivity index (χ4n) is 2.86. The van der Waals surface area contributed by atoms with Gasteiger partial charge in [0.15, 0.2) is 0 Å². The molecule has 0 saturated heterocycles. The summed E-state index contributed by atoms with van der Waals surface area (Å²) in [6.07, 6.45) is 1.22. The Bertz CT molecular complexity index is 370. The smallest absolute Gasteiger partial charge is 0.0407 e. The van der Waals surface area contributed by atoms with E-state index < -0.39 is 0 Å². The summed E-state index contributed by atoms with van der Waals surface area (Å²) in [5, 5.41) is 0. The van der Waals surface area contributed by atoms with Gasteiger partial charge in [-0.15, -0.1) is 0 Å². The highest BCUT2D eigenvalue weighted by molar-refractivity contribution is 5.64. The minimum atomic E-state index is 0.358. The normalized spacial score (nSPS) is 24.4. The molecule has 0 aliphatic carbocycles. The fraction of sp³-hybridized carbons (Fsp3) is 0.571. The lowest BCUT2D eigenvalue weighted by Crippen LogP contribution is -2.30. The third-order valence-electron chi connectivity index (χ3n) is 3.90. The molecule has 1 aromatic rings. The molecule has 1 heteroatoms. The van der Waals surface area contributed by atoms with Crippen LogP contribution in [0.15, 0.2) is 18.2 Å². The Morgan fingerprint density at radius 1 is 1.33 bits per heavy atom. The van der Waals surface area contributed by atoms with Crippen molar-refractivity contribution in [2.24, 2.45) is 0 Å². The molecule has 1 aliphatic heterocycles. The Hall–Kier alpha value is -0.980. The van der Waals surface area contributed by atoms with Gasteiger partial charge in [0.2, 0.25) is 0 Å². The fourth-order valence-corrected chi connectivity index (χ4v) is 2.86. The highest BCUT2D eigenvalue weighted by Crippen LogP contribution is 2.44. The summed E-state index contributed by atoms with van der Waals surface area (Å²) in [7, 11) is 0. The van der Waals surface area contributed by atoms with E-state index in [9.17, 15) is 0 Å². The van der Waals surface area contributed by atoms with Crippen LogP contribution in [0.4, 0.5) is 5.69 Å². The molecule has 1 nitrogen and oxygen atoms in total. The summed E-state index contributed by atoms with van der Waals surface area (Å²) in [4.78, 5) is 2.51. The maximum absolute atomic E-state index is 2.51. The molecule has 0 saturated carbocycles. The lowest BCUT2D eigenvalue weighted by atomic mass is 9.80. The van der Waals surface area contributed by atoms with Crippen molar-refractivity contribution < 1.29 is 0 Å². The van der Waals surface area contributed by atoms with Crippen LogP contribution in [0.3, 0.4) is 0 Å². The van der Waals surface area contributed by atoms with Crippen molar-refractivity contribution in [3.05, 3.63) is 29.3 Å². The molecular formula is C14H21N. The molecule has 0 spiro atoms. The second-order valence-corrected chi connectivity index (χ2v) is 4.90. The van der Waals surface area contributed by atoms with Crippen LogP contribution in [0.1, 0.15) is 38.3 Å². The second kappa shape index (κ2) is 3.55. The van der Waals surface area contributed by atoms with Crippen LogP contribution in [0.2, 0.25) is 0 Å². The van der Waals surface area contributed by atoms with Gasteiger partial charge in [-0.2, -0.15) is 0 Å². The second-order valence-electron chi connectivity index (χ2n) is 4.90. The van der Waals surface area contributed by atoms with Gasteiger partial charge < -0.3 is 4.90 Å². The van der Waals surface area contributed by atoms with E-state index in [1.54, 1.807) is 5.56 Å². The molecule has 0 fully saturated rings. The van der Waals surface area contributed by atoms with E-state index >= 15 is 0 Å². The summed E-state index contributed by atoms with van der Waals surface area (Å²) < 4.78 is 0. The molecule has 0 bridgehead atoms. The summed E-state index contributed by atoms with van der Waals surface area (Å²) >= 11 is 0. The van der Waals surface area contributed by atoms with Crippen molar-refractivity contribution in [2.45, 2.75) is 39.5 Å². The van der Waals surface area contributed by atoms with Gasteiger partial charge in [0.25, 0.3) is 0 Å². The molecule has 1 aliphatic rings. The van der Waals surface area contributed by atoms with Crippen LogP contribution in [-0.4, -0.2) is 13.1 Å². The zero-order valence-electron chi connectivity index (χ0n) is 10.3. The molecule has 0 aromatic heterocycles. The first-order valence-corrected chi connectivity index (χ1v) is 5.97. The van der Waals surface area contributed by atoms with Crippen molar-refractivity contribution in [1.82, 2.24) is 0 Å². The van der Waals surface area contributed by atoms with Gasteiger partial charge in [-0.05, 0) is 37.5 Å². The maximum atomic E-state index is 2.51. The molecule has 1 aromatic carbocycles. The third kappa shape index (κ3) is 1.45. The van der Waals surface area contributed by atoms with E-state index in [1.165, 1.54) is 24.2 Å². The standard InChI is InChI=1S/C14H21N/c1-5-14(4)10-15(6-2)12-9-7-8-11(3)13(12)14/h7-9H,5-6,10H2,1-4H3. The molecule has 1 heterocycles. The van der Waals surface area contributed by atoms with Gasteiger partial charge in [0, 0.05) is 24.2 Å². The monoisotopic (exact) mass is 203 g/mol. The predicted molar refractivity (Wildman–Crippen MR) is 66.7 cm³/mol. The molecule has 2 rings (SSSR count). The van der Waals surface area contributed by atoms with E-state index in [4.69, 9.17) is 0 Å². The van der Waals surface area contributed by atoms with Gasteiger partial charge in [0.05, 0.1) is 0 Å². The average Bonchev–Trinajstić information content (AvgIpc) is 2.54. The summed E-state index contributed by atoms with van der Waals surface area (Å²) in [5.41, 5.74) is 4.85. The van der Waals surface area contributed by atoms with E-state index in [-0.39, 0.29) is 0 Å². The Kier molecular flexibility index (Phi) is 2.49. The highest BCUT2D eigenvalue weighted by atomic mass is 15.2. The topological polar surface area (TPSA) is 3.24 Å². The zero-order chi connectivity index (χ0) is 11.1. The maximum Gasteiger partial charge on any atom is 0.0407 e. The quantitative estimate of drug-likeness (QED) is 0.711. The molecule has 82 valence electrons. The van der Waals surface area contributed by atoms with Crippen LogP contribution in [0, 0.1) is 6.92 Å². The van der Waals surface area contributed by atoms with Crippen molar-refractivity contribution in [1.29, 1.82) is 0 Å². The number of fused-ring (bicyclic) bond motifs is 1. The average molecular weight is 203 g/mol. The summed E-state index contributed by atoms with van der Waals surface area (Å²) in [6, 6.07) is 6.69. The molecule has 0 N–H and O–H groups in total. The number of rotatable bonds is 2. The minimum absolute atomic E-state index is 0.358. The van der Waals surface area contributed by atoms with Crippen molar-refractivity contribution in [2.75, 3.05) is 18.0 Å². The first-order chi connectivity index (χ1) is 7.12. The van der Waals surface area contributed by atoms with Crippen LogP contribution in [-0.2, 0) is 5.41 Å². The van der Waals surface area contributed by atoms with Crippen LogP contribution in [0.5, 0.6) is 0 Å². The number of hydrogen-bond acceptors (Lipinski definition) is 1. The summed E-state index contributed by atoms with van der Waals surface area (Å²) in [6.45, 7) is 11.5. The Morgan fingerprint density at radius 2 is 2.07 bits per heavy atom. The lowest BCUT2D eigenvalue weighted by Gasteiger charge is -2.25.